The fraction of sp³-hybridized carbons (Fsp3) is 0.833. The Bertz CT molecular complexity index is 321. The first-order valence-electron chi connectivity index (χ1n) is 6.04. The molecule has 5 nitrogen and oxygen atoms in total. The van der Waals surface area contributed by atoms with Crippen LogP contribution in [0.25, 0.3) is 0 Å². The smallest absolute Gasteiger partial charge is 0.303 e. The summed E-state index contributed by atoms with van der Waals surface area (Å²) in [6.07, 6.45) is 0. The Kier molecular flexibility index (Phi) is 5.47. The second-order valence-corrected chi connectivity index (χ2v) is 6.09. The molecule has 1 aliphatic heterocycles. The zero-order valence-electron chi connectivity index (χ0n) is 11.2. The van der Waals surface area contributed by atoms with Crippen molar-refractivity contribution < 1.29 is 19.1 Å². The molecule has 1 fully saturated rings. The van der Waals surface area contributed by atoms with Crippen LogP contribution < -0.4 is 5.73 Å². The molecule has 1 rings (SSSR count). The van der Waals surface area contributed by atoms with Gasteiger partial charge in [-0.3, -0.25) is 9.59 Å². The summed E-state index contributed by atoms with van der Waals surface area (Å²) in [5, 5.41) is 0.105. The lowest BCUT2D eigenvalue weighted by molar-refractivity contribution is -0.145. The number of thioether (sulfide) groups is 1. The zero-order valence-corrected chi connectivity index (χ0v) is 12.0. The van der Waals surface area contributed by atoms with Crippen LogP contribution in [0.5, 0.6) is 0 Å². The number of carbonyl (C=O) groups excluding carboxylic acids is 2. The third-order valence-corrected chi connectivity index (χ3v) is 4.97. The first-order chi connectivity index (χ1) is 8.32. The van der Waals surface area contributed by atoms with Gasteiger partial charge < -0.3 is 15.2 Å². The summed E-state index contributed by atoms with van der Waals surface area (Å²) in [4.78, 5) is 21.9. The van der Waals surface area contributed by atoms with E-state index >= 15 is 0 Å². The predicted octanol–water partition coefficient (Wildman–Crippen LogP) is 1.15. The highest BCUT2D eigenvalue weighted by atomic mass is 32.2. The molecule has 1 heterocycles. The van der Waals surface area contributed by atoms with Gasteiger partial charge in [0.1, 0.15) is 6.61 Å². The quantitative estimate of drug-likeness (QED) is 0.779. The summed E-state index contributed by atoms with van der Waals surface area (Å²) in [6.45, 7) is 7.20. The average molecular weight is 275 g/mol. The molecule has 1 aliphatic rings. The Morgan fingerprint density at radius 2 is 1.78 bits per heavy atom. The molecule has 0 aromatic heterocycles. The van der Waals surface area contributed by atoms with E-state index in [1.165, 1.54) is 25.6 Å². The Morgan fingerprint density at radius 3 is 2.28 bits per heavy atom. The molecule has 5 atom stereocenters. The fourth-order valence-corrected chi connectivity index (χ4v) is 3.59. The molecule has 0 radical (unpaired) electrons. The van der Waals surface area contributed by atoms with Gasteiger partial charge in [0, 0.05) is 19.1 Å². The monoisotopic (exact) mass is 275 g/mol. The number of hydrogen-bond acceptors (Lipinski definition) is 6. The van der Waals surface area contributed by atoms with Crippen LogP contribution in [0.1, 0.15) is 27.7 Å². The van der Waals surface area contributed by atoms with Gasteiger partial charge in [0.25, 0.3) is 0 Å². The van der Waals surface area contributed by atoms with E-state index in [4.69, 9.17) is 15.2 Å². The van der Waals surface area contributed by atoms with E-state index in [1.807, 2.05) is 6.92 Å². The Balaban J connectivity index is 2.67. The number of carbonyl (C=O) groups is 2. The third kappa shape index (κ3) is 3.88. The van der Waals surface area contributed by atoms with Crippen LogP contribution in [-0.4, -0.2) is 35.3 Å². The average Bonchev–Trinajstić information content (AvgIpc) is 2.27. The second kappa shape index (κ2) is 6.43. The Hall–Kier alpha value is -0.750. The van der Waals surface area contributed by atoms with Crippen molar-refractivity contribution in [1.29, 1.82) is 0 Å². The maximum Gasteiger partial charge on any atom is 0.303 e. The highest BCUT2D eigenvalue weighted by molar-refractivity contribution is 8.00. The molecule has 18 heavy (non-hydrogen) atoms. The fourth-order valence-electron chi connectivity index (χ4n) is 1.98. The molecule has 104 valence electrons. The lowest BCUT2D eigenvalue weighted by Crippen LogP contribution is -2.51. The molecule has 2 N–H and O–H groups in total. The highest BCUT2D eigenvalue weighted by Crippen LogP contribution is 2.39. The SMILES string of the molecule is CC(=O)OCC1SC(OC(C)=O)C(N)C(C)C1C. The van der Waals surface area contributed by atoms with Crippen LogP contribution >= 0.6 is 11.8 Å². The largest absolute Gasteiger partial charge is 0.465 e. The molecular weight excluding hydrogens is 254 g/mol. The van der Waals surface area contributed by atoms with Crippen molar-refractivity contribution in [3.05, 3.63) is 0 Å². The summed E-state index contributed by atoms with van der Waals surface area (Å²) >= 11 is 1.48. The zero-order chi connectivity index (χ0) is 13.9. The van der Waals surface area contributed by atoms with Crippen molar-refractivity contribution in [3.8, 4) is 0 Å². The van der Waals surface area contributed by atoms with Crippen molar-refractivity contribution in [1.82, 2.24) is 0 Å². The van der Waals surface area contributed by atoms with Crippen LogP contribution in [0, 0.1) is 11.8 Å². The number of nitrogens with two attached hydrogens (primary N) is 1. The molecule has 0 bridgehead atoms. The van der Waals surface area contributed by atoms with Gasteiger partial charge in [-0.2, -0.15) is 0 Å². The summed E-state index contributed by atoms with van der Waals surface area (Å²) in [7, 11) is 0. The van der Waals surface area contributed by atoms with Gasteiger partial charge in [0.2, 0.25) is 0 Å². The van der Waals surface area contributed by atoms with Gasteiger partial charge in [0.05, 0.1) is 6.04 Å². The highest BCUT2D eigenvalue weighted by Gasteiger charge is 2.41. The molecule has 0 aromatic carbocycles. The van der Waals surface area contributed by atoms with Crippen LogP contribution in [0.2, 0.25) is 0 Å². The molecule has 0 saturated carbocycles. The predicted molar refractivity (Wildman–Crippen MR) is 69.9 cm³/mol. The standard InChI is InChI=1S/C12H21NO4S/c1-6-7(2)11(13)12(17-9(4)15)18-10(6)5-16-8(3)14/h6-7,10-12H,5,13H2,1-4H3. The van der Waals surface area contributed by atoms with Gasteiger partial charge in [0.15, 0.2) is 5.44 Å². The van der Waals surface area contributed by atoms with E-state index in [2.05, 4.69) is 6.92 Å². The van der Waals surface area contributed by atoms with Gasteiger partial charge >= 0.3 is 11.9 Å². The van der Waals surface area contributed by atoms with E-state index in [0.29, 0.717) is 12.5 Å². The molecule has 1 saturated heterocycles. The maximum absolute atomic E-state index is 11.0. The first-order valence-corrected chi connectivity index (χ1v) is 6.98. The van der Waals surface area contributed by atoms with Crippen LogP contribution in [-0.2, 0) is 19.1 Å². The normalized spacial score (nSPS) is 35.9. The van der Waals surface area contributed by atoms with Crippen molar-refractivity contribution in [2.75, 3.05) is 6.61 Å². The van der Waals surface area contributed by atoms with E-state index in [9.17, 15) is 9.59 Å². The molecule has 0 spiro atoms. The van der Waals surface area contributed by atoms with Gasteiger partial charge in [-0.15, -0.1) is 11.8 Å². The van der Waals surface area contributed by atoms with E-state index in [0.717, 1.165) is 0 Å². The van der Waals surface area contributed by atoms with Gasteiger partial charge in [-0.25, -0.2) is 0 Å². The number of rotatable bonds is 3. The Morgan fingerprint density at radius 1 is 1.17 bits per heavy atom. The Labute approximate surface area is 112 Å². The maximum atomic E-state index is 11.0. The topological polar surface area (TPSA) is 78.6 Å². The summed E-state index contributed by atoms with van der Waals surface area (Å²) in [6, 6.07) is -0.192. The minimum atomic E-state index is -0.366. The van der Waals surface area contributed by atoms with Crippen molar-refractivity contribution in [2.45, 2.75) is 44.4 Å². The number of ether oxygens (including phenoxy) is 2. The van der Waals surface area contributed by atoms with E-state index in [-0.39, 0.29) is 34.6 Å². The molecule has 0 amide bonds. The van der Waals surface area contributed by atoms with Crippen molar-refractivity contribution in [3.63, 3.8) is 0 Å². The molecular formula is C12H21NO4S. The number of hydrogen-bond donors (Lipinski definition) is 1. The molecule has 6 heteroatoms. The van der Waals surface area contributed by atoms with E-state index < -0.39 is 0 Å². The molecule has 0 aromatic rings. The van der Waals surface area contributed by atoms with Crippen LogP contribution in [0.15, 0.2) is 0 Å². The van der Waals surface area contributed by atoms with Crippen molar-refractivity contribution in [2.24, 2.45) is 17.6 Å². The van der Waals surface area contributed by atoms with Gasteiger partial charge in [-0.1, -0.05) is 13.8 Å². The molecule has 0 aliphatic carbocycles. The lowest BCUT2D eigenvalue weighted by Gasteiger charge is -2.41. The second-order valence-electron chi connectivity index (χ2n) is 4.75. The third-order valence-electron chi connectivity index (χ3n) is 3.38. The minimum Gasteiger partial charge on any atom is -0.465 e. The number of esters is 2. The first kappa shape index (κ1) is 15.3. The van der Waals surface area contributed by atoms with E-state index in [1.54, 1.807) is 0 Å². The van der Waals surface area contributed by atoms with Crippen LogP contribution in [0.4, 0.5) is 0 Å². The lowest BCUT2D eigenvalue weighted by atomic mass is 9.86. The minimum absolute atomic E-state index is 0.105. The summed E-state index contributed by atoms with van der Waals surface area (Å²) in [5.41, 5.74) is 5.71. The van der Waals surface area contributed by atoms with Gasteiger partial charge in [-0.05, 0) is 11.8 Å². The van der Waals surface area contributed by atoms with Crippen molar-refractivity contribution >= 4 is 23.7 Å². The summed E-state index contributed by atoms with van der Waals surface area (Å²) < 4.78 is 10.3. The van der Waals surface area contributed by atoms with Crippen LogP contribution in [0.3, 0.4) is 0 Å². The summed E-state index contributed by atoms with van der Waals surface area (Å²) in [5.74, 6) is -0.127. The molecule has 5 unspecified atom stereocenters.